The minimum atomic E-state index is 1.27. The number of thiophene rings is 2. The summed E-state index contributed by atoms with van der Waals surface area (Å²) in [6.45, 7) is 0. The molecule has 0 aliphatic heterocycles. The van der Waals surface area contributed by atoms with Crippen molar-refractivity contribution >= 4 is 85.2 Å². The van der Waals surface area contributed by atoms with E-state index < -0.39 is 0 Å². The Bertz CT molecular complexity index is 2370. The van der Waals surface area contributed by atoms with Crippen LogP contribution < -0.4 is 0 Å². The van der Waals surface area contributed by atoms with Crippen LogP contribution in [0.5, 0.6) is 0 Å². The second-order valence-corrected chi connectivity index (χ2v) is 12.6. The average molecular weight is 543 g/mol. The number of rotatable bonds is 2. The lowest BCUT2D eigenvalue weighted by molar-refractivity contribution is 1.70. The molecule has 0 saturated carbocycles. The standard InChI is InChI=1S/C38H22S2/c1-2-12-25-23(10-1)11-9-18-26(25)35-27-13-3-5-15-29(27)36(30-16-6-4-14-28(30)35)34-22-24-20-21-33-37(38(24)40-34)31-17-7-8-19-32(31)39-33/h1-22H. The van der Waals surface area contributed by atoms with Crippen LogP contribution in [0.3, 0.4) is 0 Å². The molecule has 0 saturated heterocycles. The van der Waals surface area contributed by atoms with Crippen LogP contribution >= 0.6 is 22.7 Å². The van der Waals surface area contributed by atoms with Gasteiger partial charge in [0.1, 0.15) is 0 Å². The van der Waals surface area contributed by atoms with Crippen molar-refractivity contribution < 1.29 is 0 Å². The van der Waals surface area contributed by atoms with Gasteiger partial charge in [-0.25, -0.2) is 0 Å². The van der Waals surface area contributed by atoms with Crippen LogP contribution in [0.15, 0.2) is 133 Å². The van der Waals surface area contributed by atoms with Crippen molar-refractivity contribution in [1.29, 1.82) is 0 Å². The molecule has 2 heterocycles. The molecule has 9 rings (SSSR count). The maximum Gasteiger partial charge on any atom is 0.0442 e. The fraction of sp³-hybridized carbons (Fsp3) is 0. The van der Waals surface area contributed by atoms with Crippen LogP contribution in [0, 0.1) is 0 Å². The lowest BCUT2D eigenvalue weighted by Gasteiger charge is -2.18. The first-order valence-corrected chi connectivity index (χ1v) is 15.2. The predicted molar refractivity (Wildman–Crippen MR) is 178 cm³/mol. The Morgan fingerprint density at radius 1 is 0.375 bits per heavy atom. The van der Waals surface area contributed by atoms with Crippen LogP contribution in [0.25, 0.3) is 84.1 Å². The molecule has 0 amide bonds. The zero-order valence-corrected chi connectivity index (χ0v) is 23.2. The van der Waals surface area contributed by atoms with Gasteiger partial charge in [0.15, 0.2) is 0 Å². The van der Waals surface area contributed by atoms with Gasteiger partial charge in [-0.05, 0) is 67.0 Å². The van der Waals surface area contributed by atoms with E-state index in [0.717, 1.165) is 0 Å². The number of fused-ring (bicyclic) bond motifs is 8. The molecule has 186 valence electrons. The Labute approximate surface area is 239 Å². The first-order valence-electron chi connectivity index (χ1n) is 13.6. The molecule has 0 atom stereocenters. The van der Waals surface area contributed by atoms with Gasteiger partial charge in [0.25, 0.3) is 0 Å². The molecule has 0 radical (unpaired) electrons. The lowest BCUT2D eigenvalue weighted by atomic mass is 9.86. The van der Waals surface area contributed by atoms with E-state index in [2.05, 4.69) is 133 Å². The fourth-order valence-electron chi connectivity index (χ4n) is 6.56. The summed E-state index contributed by atoms with van der Waals surface area (Å²) in [6.07, 6.45) is 0. The number of benzene rings is 7. The highest BCUT2D eigenvalue weighted by Gasteiger charge is 2.20. The van der Waals surface area contributed by atoms with Crippen molar-refractivity contribution in [3.8, 4) is 21.6 Å². The van der Waals surface area contributed by atoms with E-state index in [1.807, 2.05) is 22.7 Å². The largest absolute Gasteiger partial charge is 0.135 e. The van der Waals surface area contributed by atoms with E-state index in [0.29, 0.717) is 0 Å². The molecule has 0 nitrogen and oxygen atoms in total. The summed E-state index contributed by atoms with van der Waals surface area (Å²) in [6, 6.07) is 49.3. The SMILES string of the molecule is c1ccc2c(-c3c4ccccc4c(-c4cc5ccc6sc7ccccc7c6c5s4)c4ccccc34)cccc2c1. The predicted octanol–water partition coefficient (Wildman–Crippen LogP) is 12.1. The van der Waals surface area contributed by atoms with Gasteiger partial charge in [-0.2, -0.15) is 0 Å². The van der Waals surface area contributed by atoms with Crippen molar-refractivity contribution in [2.24, 2.45) is 0 Å². The van der Waals surface area contributed by atoms with Crippen molar-refractivity contribution in [2.45, 2.75) is 0 Å². The van der Waals surface area contributed by atoms with Gasteiger partial charge in [-0.1, -0.05) is 115 Å². The molecule has 0 N–H and O–H groups in total. The molecule has 0 aliphatic carbocycles. The number of hydrogen-bond acceptors (Lipinski definition) is 2. The van der Waals surface area contributed by atoms with Crippen LogP contribution in [-0.4, -0.2) is 0 Å². The summed E-state index contributed by atoms with van der Waals surface area (Å²) in [4.78, 5) is 1.33. The maximum atomic E-state index is 2.41. The molecule has 9 aromatic rings. The van der Waals surface area contributed by atoms with E-state index >= 15 is 0 Å². The van der Waals surface area contributed by atoms with Crippen molar-refractivity contribution in [3.05, 3.63) is 133 Å². The number of hydrogen-bond donors (Lipinski definition) is 0. The van der Waals surface area contributed by atoms with Crippen molar-refractivity contribution in [2.75, 3.05) is 0 Å². The van der Waals surface area contributed by atoms with Crippen LogP contribution in [-0.2, 0) is 0 Å². The molecule has 0 spiro atoms. The Morgan fingerprint density at radius 3 is 1.73 bits per heavy atom. The highest BCUT2D eigenvalue weighted by molar-refractivity contribution is 7.28. The van der Waals surface area contributed by atoms with Gasteiger partial charge in [0.05, 0.1) is 0 Å². The van der Waals surface area contributed by atoms with Crippen molar-refractivity contribution in [1.82, 2.24) is 0 Å². The summed E-state index contributed by atoms with van der Waals surface area (Å²) >= 11 is 3.83. The summed E-state index contributed by atoms with van der Waals surface area (Å²) in [5.41, 5.74) is 3.95. The second kappa shape index (κ2) is 8.50. The highest BCUT2D eigenvalue weighted by Crippen LogP contribution is 2.49. The third-order valence-corrected chi connectivity index (χ3v) is 10.6. The minimum absolute atomic E-state index is 1.27. The first-order chi connectivity index (χ1) is 19.8. The van der Waals surface area contributed by atoms with E-state index in [9.17, 15) is 0 Å². The van der Waals surface area contributed by atoms with Crippen molar-refractivity contribution in [3.63, 3.8) is 0 Å². The molecule has 0 bridgehead atoms. The Hall–Kier alpha value is -4.50. The topological polar surface area (TPSA) is 0 Å². The maximum absolute atomic E-state index is 2.41. The van der Waals surface area contributed by atoms with Gasteiger partial charge in [-0.3, -0.25) is 0 Å². The van der Waals surface area contributed by atoms with Crippen LogP contribution in [0.1, 0.15) is 0 Å². The Kier molecular flexibility index (Phi) is 4.74. The van der Waals surface area contributed by atoms with E-state index in [-0.39, 0.29) is 0 Å². The lowest BCUT2D eigenvalue weighted by Crippen LogP contribution is -1.90. The molecular weight excluding hydrogens is 521 g/mol. The van der Waals surface area contributed by atoms with E-state index in [4.69, 9.17) is 0 Å². The zero-order valence-electron chi connectivity index (χ0n) is 21.5. The van der Waals surface area contributed by atoms with E-state index in [1.54, 1.807) is 0 Å². The summed E-state index contributed by atoms with van der Waals surface area (Å²) in [5, 5.41) is 11.9. The molecule has 2 aromatic heterocycles. The average Bonchev–Trinajstić information content (AvgIpc) is 3.61. The molecule has 2 heteroatoms. The molecule has 0 unspecified atom stereocenters. The van der Waals surface area contributed by atoms with E-state index in [1.165, 1.54) is 84.1 Å². The molecule has 0 aliphatic rings. The third-order valence-electron chi connectivity index (χ3n) is 8.26. The third kappa shape index (κ3) is 3.12. The smallest absolute Gasteiger partial charge is 0.0442 e. The van der Waals surface area contributed by atoms with Gasteiger partial charge in [-0.15, -0.1) is 22.7 Å². The normalized spacial score (nSPS) is 12.0. The monoisotopic (exact) mass is 542 g/mol. The van der Waals surface area contributed by atoms with Gasteiger partial charge >= 0.3 is 0 Å². The zero-order chi connectivity index (χ0) is 26.2. The second-order valence-electron chi connectivity index (χ2n) is 10.4. The molecule has 7 aromatic carbocycles. The van der Waals surface area contributed by atoms with Gasteiger partial charge in [0, 0.05) is 35.3 Å². The minimum Gasteiger partial charge on any atom is -0.135 e. The van der Waals surface area contributed by atoms with Crippen LogP contribution in [0.4, 0.5) is 0 Å². The summed E-state index contributed by atoms with van der Waals surface area (Å²) in [5.74, 6) is 0. The first kappa shape index (κ1) is 22.3. The molecule has 0 fully saturated rings. The van der Waals surface area contributed by atoms with Crippen LogP contribution in [0.2, 0.25) is 0 Å². The van der Waals surface area contributed by atoms with Gasteiger partial charge in [0.2, 0.25) is 0 Å². The summed E-state index contributed by atoms with van der Waals surface area (Å²) < 4.78 is 4.11. The highest BCUT2D eigenvalue weighted by atomic mass is 32.1. The summed E-state index contributed by atoms with van der Waals surface area (Å²) in [7, 11) is 0. The Balaban J connectivity index is 1.42. The Morgan fingerprint density at radius 2 is 0.975 bits per heavy atom. The fourth-order valence-corrected chi connectivity index (χ4v) is 9.03. The quantitative estimate of drug-likeness (QED) is 0.191. The van der Waals surface area contributed by atoms with Gasteiger partial charge < -0.3 is 0 Å². The molecular formula is C38H22S2. The molecule has 40 heavy (non-hydrogen) atoms.